The minimum Gasteiger partial charge on any atom is -0.329 e. The van der Waals surface area contributed by atoms with Crippen molar-refractivity contribution in [3.63, 3.8) is 0 Å². The molecule has 1 N–H and O–H groups in total. The van der Waals surface area contributed by atoms with E-state index in [1.165, 1.54) is 16.8 Å². The first kappa shape index (κ1) is 15.5. The highest BCUT2D eigenvalue weighted by Crippen LogP contribution is 2.26. The summed E-state index contributed by atoms with van der Waals surface area (Å²) in [5.41, 5.74) is 3.72. The third-order valence-electron chi connectivity index (χ3n) is 3.79. The monoisotopic (exact) mass is 283 g/mol. The average molecular weight is 283 g/mol. The highest BCUT2D eigenvalue weighted by molar-refractivity contribution is 5.63. The number of pyridine rings is 1. The summed E-state index contributed by atoms with van der Waals surface area (Å²) in [4.78, 5) is 6.66. The quantitative estimate of drug-likeness (QED) is 0.860. The Labute approximate surface area is 128 Å². The van der Waals surface area contributed by atoms with Gasteiger partial charge in [-0.1, -0.05) is 25.1 Å². The van der Waals surface area contributed by atoms with Crippen molar-refractivity contribution < 1.29 is 0 Å². The van der Waals surface area contributed by atoms with Crippen LogP contribution >= 0.6 is 0 Å². The van der Waals surface area contributed by atoms with Gasteiger partial charge in [-0.2, -0.15) is 0 Å². The molecule has 0 aliphatic carbocycles. The Morgan fingerprint density at radius 2 is 2.00 bits per heavy atom. The van der Waals surface area contributed by atoms with E-state index in [1.54, 1.807) is 0 Å². The third kappa shape index (κ3) is 3.82. The summed E-state index contributed by atoms with van der Waals surface area (Å²) in [5.74, 6) is 0.979. The number of anilines is 2. The van der Waals surface area contributed by atoms with Crippen LogP contribution in [0.4, 0.5) is 11.5 Å². The fraction of sp³-hybridized carbons (Fsp3) is 0.389. The van der Waals surface area contributed by atoms with Gasteiger partial charge < -0.3 is 10.2 Å². The van der Waals surface area contributed by atoms with Gasteiger partial charge in [0.15, 0.2) is 0 Å². The van der Waals surface area contributed by atoms with E-state index in [9.17, 15) is 0 Å². The molecule has 0 bridgehead atoms. The molecule has 0 amide bonds. The summed E-state index contributed by atoms with van der Waals surface area (Å²) in [5, 5.41) is 3.52. The van der Waals surface area contributed by atoms with Crippen LogP contribution in [0.2, 0.25) is 0 Å². The van der Waals surface area contributed by atoms with Crippen molar-refractivity contribution in [2.24, 2.45) is 0 Å². The van der Waals surface area contributed by atoms with E-state index in [1.807, 2.05) is 6.20 Å². The Kier molecular flexibility index (Phi) is 5.34. The summed E-state index contributed by atoms with van der Waals surface area (Å²) in [6.07, 6.45) is 3.04. The summed E-state index contributed by atoms with van der Waals surface area (Å²) in [6.45, 7) is 7.54. The van der Waals surface area contributed by atoms with Gasteiger partial charge in [-0.3, -0.25) is 0 Å². The molecular weight excluding hydrogens is 258 g/mol. The van der Waals surface area contributed by atoms with E-state index < -0.39 is 0 Å². The fourth-order valence-corrected chi connectivity index (χ4v) is 2.43. The second kappa shape index (κ2) is 7.23. The number of rotatable bonds is 6. The Hall–Kier alpha value is -1.87. The van der Waals surface area contributed by atoms with Gasteiger partial charge >= 0.3 is 0 Å². The Balaban J connectivity index is 2.23. The normalized spacial score (nSPS) is 12.2. The molecule has 0 saturated heterocycles. The molecule has 2 rings (SSSR count). The molecule has 0 saturated carbocycles. The van der Waals surface area contributed by atoms with Gasteiger partial charge in [-0.05, 0) is 56.1 Å². The Morgan fingerprint density at radius 1 is 1.24 bits per heavy atom. The molecule has 3 heteroatoms. The molecule has 0 aliphatic heterocycles. The molecule has 1 unspecified atom stereocenters. The molecule has 1 aromatic carbocycles. The zero-order chi connectivity index (χ0) is 15.2. The largest absolute Gasteiger partial charge is 0.329 e. The standard InChI is InChI=1S/C18H25N3/c1-5-11-19-15(3)16-10-12-20-18(13-16)21(4)17-9-7-6-8-14(17)2/h6-10,12-13,15,19H,5,11H2,1-4H3. The van der Waals surface area contributed by atoms with E-state index in [4.69, 9.17) is 0 Å². The Morgan fingerprint density at radius 3 is 2.71 bits per heavy atom. The van der Waals surface area contributed by atoms with Crippen LogP contribution < -0.4 is 10.2 Å². The van der Waals surface area contributed by atoms with Gasteiger partial charge in [-0.25, -0.2) is 4.98 Å². The van der Waals surface area contributed by atoms with Crippen molar-refractivity contribution in [3.8, 4) is 0 Å². The van der Waals surface area contributed by atoms with Crippen LogP contribution in [0.15, 0.2) is 42.6 Å². The van der Waals surface area contributed by atoms with Gasteiger partial charge in [-0.15, -0.1) is 0 Å². The molecule has 0 fully saturated rings. The summed E-state index contributed by atoms with van der Waals surface area (Å²) in [6, 6.07) is 13.0. The van der Waals surface area contributed by atoms with Gasteiger partial charge in [0.05, 0.1) is 0 Å². The molecule has 2 aromatic rings. The molecule has 1 heterocycles. The van der Waals surface area contributed by atoms with Gasteiger partial charge in [0, 0.05) is 25.0 Å². The summed E-state index contributed by atoms with van der Waals surface area (Å²) in [7, 11) is 2.07. The zero-order valence-electron chi connectivity index (χ0n) is 13.4. The van der Waals surface area contributed by atoms with Crippen molar-refractivity contribution >= 4 is 11.5 Å². The number of nitrogens with zero attached hydrogens (tertiary/aromatic N) is 2. The highest BCUT2D eigenvalue weighted by Gasteiger charge is 2.10. The smallest absolute Gasteiger partial charge is 0.132 e. The average Bonchev–Trinajstić information content (AvgIpc) is 2.52. The van der Waals surface area contributed by atoms with Crippen molar-refractivity contribution in [1.82, 2.24) is 10.3 Å². The van der Waals surface area contributed by atoms with Crippen LogP contribution in [0.25, 0.3) is 0 Å². The maximum absolute atomic E-state index is 4.52. The predicted octanol–water partition coefficient (Wildman–Crippen LogP) is 4.22. The van der Waals surface area contributed by atoms with Crippen LogP contribution in [0.1, 0.15) is 37.4 Å². The molecule has 0 spiro atoms. The van der Waals surface area contributed by atoms with Crippen LogP contribution in [-0.2, 0) is 0 Å². The lowest BCUT2D eigenvalue weighted by molar-refractivity contribution is 0.570. The second-order valence-corrected chi connectivity index (χ2v) is 5.47. The van der Waals surface area contributed by atoms with Crippen molar-refractivity contribution in [1.29, 1.82) is 0 Å². The number of hydrogen-bond acceptors (Lipinski definition) is 3. The highest BCUT2D eigenvalue weighted by atomic mass is 15.2. The maximum atomic E-state index is 4.52. The summed E-state index contributed by atoms with van der Waals surface area (Å²) >= 11 is 0. The van der Waals surface area contributed by atoms with E-state index in [0.717, 1.165) is 18.8 Å². The van der Waals surface area contributed by atoms with Crippen LogP contribution in [-0.4, -0.2) is 18.6 Å². The minimum atomic E-state index is 0.344. The molecule has 0 radical (unpaired) electrons. The first-order chi connectivity index (χ1) is 10.1. The topological polar surface area (TPSA) is 28.2 Å². The molecule has 3 nitrogen and oxygen atoms in total. The van der Waals surface area contributed by atoms with Crippen molar-refractivity contribution in [3.05, 3.63) is 53.7 Å². The van der Waals surface area contributed by atoms with Crippen LogP contribution in [0, 0.1) is 6.92 Å². The predicted molar refractivity (Wildman–Crippen MR) is 90.2 cm³/mol. The number of aryl methyl sites for hydroxylation is 1. The number of benzene rings is 1. The number of para-hydroxylation sites is 1. The number of nitrogens with one attached hydrogen (secondary N) is 1. The Bertz CT molecular complexity index is 580. The number of aromatic nitrogens is 1. The molecule has 21 heavy (non-hydrogen) atoms. The third-order valence-corrected chi connectivity index (χ3v) is 3.79. The first-order valence-electron chi connectivity index (χ1n) is 7.62. The van der Waals surface area contributed by atoms with Crippen molar-refractivity contribution in [2.75, 3.05) is 18.5 Å². The molecule has 1 aromatic heterocycles. The lowest BCUT2D eigenvalue weighted by atomic mass is 10.1. The van der Waals surface area contributed by atoms with Crippen LogP contribution in [0.3, 0.4) is 0 Å². The maximum Gasteiger partial charge on any atom is 0.132 e. The lowest BCUT2D eigenvalue weighted by Gasteiger charge is -2.22. The van der Waals surface area contributed by atoms with E-state index in [0.29, 0.717) is 6.04 Å². The summed E-state index contributed by atoms with van der Waals surface area (Å²) < 4.78 is 0. The van der Waals surface area contributed by atoms with E-state index in [-0.39, 0.29) is 0 Å². The lowest BCUT2D eigenvalue weighted by Crippen LogP contribution is -2.20. The SMILES string of the molecule is CCCNC(C)c1ccnc(N(C)c2ccccc2C)c1. The van der Waals surface area contributed by atoms with Gasteiger partial charge in [0.2, 0.25) is 0 Å². The van der Waals surface area contributed by atoms with E-state index in [2.05, 4.69) is 79.4 Å². The van der Waals surface area contributed by atoms with Crippen LogP contribution in [0.5, 0.6) is 0 Å². The molecule has 1 atom stereocenters. The van der Waals surface area contributed by atoms with Gasteiger partial charge in [0.1, 0.15) is 5.82 Å². The van der Waals surface area contributed by atoms with Crippen molar-refractivity contribution in [2.45, 2.75) is 33.2 Å². The number of hydrogen-bond donors (Lipinski definition) is 1. The molecule has 112 valence electrons. The molecular formula is C18H25N3. The first-order valence-corrected chi connectivity index (χ1v) is 7.62. The fourth-order valence-electron chi connectivity index (χ4n) is 2.43. The molecule has 0 aliphatic rings. The van der Waals surface area contributed by atoms with E-state index >= 15 is 0 Å². The minimum absolute atomic E-state index is 0.344. The zero-order valence-corrected chi connectivity index (χ0v) is 13.4. The second-order valence-electron chi connectivity index (χ2n) is 5.47. The van der Waals surface area contributed by atoms with Gasteiger partial charge in [0.25, 0.3) is 0 Å².